The summed E-state index contributed by atoms with van der Waals surface area (Å²) in [5, 5.41) is 0. The fourth-order valence-corrected chi connectivity index (χ4v) is 2.61. The van der Waals surface area contributed by atoms with E-state index in [1.54, 1.807) is 0 Å². The van der Waals surface area contributed by atoms with Gasteiger partial charge in [-0.15, -0.1) is 0 Å². The van der Waals surface area contributed by atoms with Crippen molar-refractivity contribution in [2.75, 3.05) is 25.6 Å². The summed E-state index contributed by atoms with van der Waals surface area (Å²) in [6.45, 7) is 1.41. The van der Waals surface area contributed by atoms with Gasteiger partial charge < -0.3 is 9.47 Å². The summed E-state index contributed by atoms with van der Waals surface area (Å²) in [5.41, 5.74) is -1.53. The van der Waals surface area contributed by atoms with Gasteiger partial charge in [-0.05, 0) is 36.8 Å². The molecule has 0 atom stereocenters. The number of hydrogen-bond acceptors (Lipinski definition) is 3. The molecule has 0 bridgehead atoms. The first-order chi connectivity index (χ1) is 9.86. The fourth-order valence-electron chi connectivity index (χ4n) is 2.20. The third kappa shape index (κ3) is 4.03. The summed E-state index contributed by atoms with van der Waals surface area (Å²) in [6, 6.07) is 2.67. The van der Waals surface area contributed by atoms with E-state index in [0.29, 0.717) is 25.0 Å². The number of ether oxygens (including phenoxy) is 2. The Kier molecular flexibility index (Phi) is 5.03. The third-order valence-electron chi connectivity index (χ3n) is 3.68. The molecule has 118 valence electrons. The standard InChI is InChI=1S/C14H16F4O2S/c15-12-2-1-10(7-11(12)14(16,17)18)20-8-13(9-21)3-5-19-6-4-13/h1-2,7,21H,3-6,8-9H2. The van der Waals surface area contributed by atoms with E-state index < -0.39 is 17.6 Å². The van der Waals surface area contributed by atoms with Gasteiger partial charge in [0, 0.05) is 18.6 Å². The molecule has 1 aromatic carbocycles. The highest BCUT2D eigenvalue weighted by Crippen LogP contribution is 2.35. The Labute approximate surface area is 125 Å². The van der Waals surface area contributed by atoms with E-state index in [2.05, 4.69) is 12.6 Å². The molecule has 0 aromatic heterocycles. The summed E-state index contributed by atoms with van der Waals surface area (Å²) in [6.07, 6.45) is -3.25. The van der Waals surface area contributed by atoms with Crippen molar-refractivity contribution in [2.45, 2.75) is 19.0 Å². The van der Waals surface area contributed by atoms with Crippen LogP contribution in [0, 0.1) is 11.2 Å². The van der Waals surface area contributed by atoms with Crippen LogP contribution in [0.1, 0.15) is 18.4 Å². The molecule has 1 aromatic rings. The number of thiol groups is 1. The van der Waals surface area contributed by atoms with Gasteiger partial charge in [-0.3, -0.25) is 0 Å². The van der Waals surface area contributed by atoms with Crippen molar-refractivity contribution in [1.29, 1.82) is 0 Å². The fraction of sp³-hybridized carbons (Fsp3) is 0.571. The Hall–Kier alpha value is -0.950. The van der Waals surface area contributed by atoms with Gasteiger partial charge in [-0.1, -0.05) is 0 Å². The Balaban J connectivity index is 2.09. The Morgan fingerprint density at radius 3 is 2.48 bits per heavy atom. The number of benzene rings is 1. The Morgan fingerprint density at radius 1 is 1.24 bits per heavy atom. The highest BCUT2D eigenvalue weighted by Gasteiger charge is 2.35. The van der Waals surface area contributed by atoms with Crippen molar-refractivity contribution in [3.63, 3.8) is 0 Å². The zero-order chi connectivity index (χ0) is 15.5. The van der Waals surface area contributed by atoms with Crippen LogP contribution in [0.25, 0.3) is 0 Å². The molecule has 1 heterocycles. The molecule has 1 aliphatic rings. The number of hydrogen-bond donors (Lipinski definition) is 1. The predicted octanol–water partition coefficient (Wildman–Crippen LogP) is 3.95. The number of alkyl halides is 3. The van der Waals surface area contributed by atoms with Crippen LogP contribution < -0.4 is 4.74 Å². The van der Waals surface area contributed by atoms with Crippen molar-refractivity contribution in [2.24, 2.45) is 5.41 Å². The lowest BCUT2D eigenvalue weighted by atomic mass is 9.83. The zero-order valence-electron chi connectivity index (χ0n) is 11.3. The number of rotatable bonds is 4. The minimum Gasteiger partial charge on any atom is -0.493 e. The van der Waals surface area contributed by atoms with E-state index in [9.17, 15) is 17.6 Å². The number of halogens is 4. The average Bonchev–Trinajstić information content (AvgIpc) is 2.46. The third-order valence-corrected chi connectivity index (χ3v) is 4.35. The van der Waals surface area contributed by atoms with E-state index in [1.807, 2.05) is 0 Å². The van der Waals surface area contributed by atoms with Gasteiger partial charge in [0.2, 0.25) is 0 Å². The van der Waals surface area contributed by atoms with Crippen LogP contribution in [0.2, 0.25) is 0 Å². The first kappa shape index (κ1) is 16.4. The van der Waals surface area contributed by atoms with E-state index in [4.69, 9.17) is 9.47 Å². The van der Waals surface area contributed by atoms with Crippen molar-refractivity contribution in [3.8, 4) is 5.75 Å². The summed E-state index contributed by atoms with van der Waals surface area (Å²) < 4.78 is 61.9. The lowest BCUT2D eigenvalue weighted by molar-refractivity contribution is -0.140. The maximum absolute atomic E-state index is 13.2. The molecule has 0 spiro atoms. The van der Waals surface area contributed by atoms with Crippen LogP contribution in [0.5, 0.6) is 5.75 Å². The van der Waals surface area contributed by atoms with Crippen LogP contribution in [-0.2, 0) is 10.9 Å². The second kappa shape index (κ2) is 6.44. The normalized spacial score (nSPS) is 18.5. The SMILES string of the molecule is Fc1ccc(OCC2(CS)CCOCC2)cc1C(F)(F)F. The molecule has 0 amide bonds. The van der Waals surface area contributed by atoms with E-state index in [1.165, 1.54) is 6.07 Å². The highest BCUT2D eigenvalue weighted by molar-refractivity contribution is 7.80. The molecular weight excluding hydrogens is 308 g/mol. The summed E-state index contributed by atoms with van der Waals surface area (Å²) in [5.74, 6) is -0.731. The zero-order valence-corrected chi connectivity index (χ0v) is 12.1. The van der Waals surface area contributed by atoms with Crippen molar-refractivity contribution < 1.29 is 27.0 Å². The molecule has 1 saturated heterocycles. The highest BCUT2D eigenvalue weighted by atomic mass is 32.1. The molecule has 1 aliphatic heterocycles. The van der Waals surface area contributed by atoms with Crippen LogP contribution in [0.3, 0.4) is 0 Å². The van der Waals surface area contributed by atoms with E-state index in [0.717, 1.165) is 18.9 Å². The molecule has 1 fully saturated rings. The summed E-state index contributed by atoms with van der Waals surface area (Å²) in [4.78, 5) is 0. The van der Waals surface area contributed by atoms with E-state index in [-0.39, 0.29) is 17.8 Å². The Morgan fingerprint density at radius 2 is 1.90 bits per heavy atom. The minimum absolute atomic E-state index is 0.0105. The molecule has 21 heavy (non-hydrogen) atoms. The molecule has 7 heteroatoms. The summed E-state index contributed by atoms with van der Waals surface area (Å²) in [7, 11) is 0. The smallest absolute Gasteiger partial charge is 0.419 e. The molecule has 0 saturated carbocycles. The average molecular weight is 324 g/mol. The van der Waals surface area contributed by atoms with Gasteiger partial charge in [-0.2, -0.15) is 25.8 Å². The lowest BCUT2D eigenvalue weighted by Gasteiger charge is -2.35. The molecule has 0 radical (unpaired) electrons. The first-order valence-electron chi connectivity index (χ1n) is 6.54. The predicted molar refractivity (Wildman–Crippen MR) is 73.2 cm³/mol. The van der Waals surface area contributed by atoms with Crippen LogP contribution >= 0.6 is 12.6 Å². The second-order valence-corrected chi connectivity index (χ2v) is 5.51. The van der Waals surface area contributed by atoms with Crippen LogP contribution in [0.15, 0.2) is 18.2 Å². The van der Waals surface area contributed by atoms with Gasteiger partial charge in [0.1, 0.15) is 11.6 Å². The van der Waals surface area contributed by atoms with E-state index >= 15 is 0 Å². The first-order valence-corrected chi connectivity index (χ1v) is 7.18. The largest absolute Gasteiger partial charge is 0.493 e. The van der Waals surface area contributed by atoms with Gasteiger partial charge in [0.25, 0.3) is 0 Å². The maximum Gasteiger partial charge on any atom is 0.419 e. The molecule has 0 unspecified atom stereocenters. The van der Waals surface area contributed by atoms with Crippen LogP contribution in [0.4, 0.5) is 17.6 Å². The van der Waals surface area contributed by atoms with Crippen LogP contribution in [-0.4, -0.2) is 25.6 Å². The monoisotopic (exact) mass is 324 g/mol. The molecule has 2 rings (SSSR count). The molecule has 2 nitrogen and oxygen atoms in total. The summed E-state index contributed by atoms with van der Waals surface area (Å²) >= 11 is 4.30. The van der Waals surface area contributed by atoms with Gasteiger partial charge >= 0.3 is 6.18 Å². The molecule has 0 aliphatic carbocycles. The molecule has 0 N–H and O–H groups in total. The topological polar surface area (TPSA) is 18.5 Å². The van der Waals surface area contributed by atoms with Crippen molar-refractivity contribution in [1.82, 2.24) is 0 Å². The Bertz CT molecular complexity index is 484. The maximum atomic E-state index is 13.2. The second-order valence-electron chi connectivity index (χ2n) is 5.20. The van der Waals surface area contributed by atoms with Crippen molar-refractivity contribution in [3.05, 3.63) is 29.6 Å². The quantitative estimate of drug-likeness (QED) is 0.668. The van der Waals surface area contributed by atoms with Gasteiger partial charge in [0.15, 0.2) is 0 Å². The van der Waals surface area contributed by atoms with Crippen molar-refractivity contribution >= 4 is 12.6 Å². The minimum atomic E-state index is -4.73. The molecular formula is C14H16F4O2S. The van der Waals surface area contributed by atoms with Gasteiger partial charge in [0.05, 0.1) is 12.2 Å². The lowest BCUT2D eigenvalue weighted by Crippen LogP contribution is -2.36. The van der Waals surface area contributed by atoms with Gasteiger partial charge in [-0.25, -0.2) is 4.39 Å².